The zero-order valence-corrected chi connectivity index (χ0v) is 18.7. The van der Waals surface area contributed by atoms with Crippen LogP contribution in [0.15, 0.2) is 85.3 Å². The summed E-state index contributed by atoms with van der Waals surface area (Å²) >= 11 is 0. The zero-order valence-electron chi connectivity index (χ0n) is 18.7. The number of rotatable bonds is 5. The summed E-state index contributed by atoms with van der Waals surface area (Å²) in [5.41, 5.74) is 5.18. The maximum absolute atomic E-state index is 13.6. The van der Waals surface area contributed by atoms with Crippen LogP contribution in [0.3, 0.4) is 0 Å². The Balaban J connectivity index is 1.39. The number of Topliss-reactive ketones (excluding diaryl/α,β-unsaturated/α-hetero) is 1. The molecule has 36 heavy (non-hydrogen) atoms. The van der Waals surface area contributed by atoms with E-state index in [1.165, 1.54) is 24.4 Å². The molecular weight excluding hydrogens is 457 g/mol. The lowest BCUT2D eigenvalue weighted by molar-refractivity contribution is 0.0992. The maximum atomic E-state index is 13.6. The Labute approximate surface area is 204 Å². The molecule has 0 unspecified atom stereocenters. The molecule has 172 valence electrons. The third-order valence-corrected chi connectivity index (χ3v) is 5.79. The number of halogens is 1. The van der Waals surface area contributed by atoms with E-state index in [4.69, 9.17) is 16.7 Å². The summed E-state index contributed by atoms with van der Waals surface area (Å²) in [6.45, 7) is 6.98. The van der Waals surface area contributed by atoms with Gasteiger partial charge in [0.15, 0.2) is 11.4 Å². The number of imidazole rings is 2. The molecule has 0 N–H and O–H groups in total. The van der Waals surface area contributed by atoms with Crippen molar-refractivity contribution in [2.45, 2.75) is 6.42 Å². The maximum Gasteiger partial charge on any atom is 0.269 e. The van der Waals surface area contributed by atoms with Gasteiger partial charge in [0.05, 0.1) is 29.6 Å². The highest BCUT2D eigenvalue weighted by Crippen LogP contribution is 2.32. The van der Waals surface area contributed by atoms with Crippen LogP contribution in [0.25, 0.3) is 38.8 Å². The number of aromatic nitrogens is 6. The molecule has 5 heterocycles. The Morgan fingerprint density at radius 1 is 0.972 bits per heavy atom. The topological polar surface area (TPSA) is 81.8 Å². The van der Waals surface area contributed by atoms with Gasteiger partial charge in [0.25, 0.3) is 5.82 Å². The number of ketones is 1. The predicted octanol–water partition coefficient (Wildman–Crippen LogP) is 5.22. The Bertz CT molecular complexity index is 1800. The first-order chi connectivity index (χ1) is 17.6. The Morgan fingerprint density at radius 2 is 1.83 bits per heavy atom. The number of pyridine rings is 2. The van der Waals surface area contributed by atoms with Crippen LogP contribution in [0.5, 0.6) is 0 Å². The number of carbonyl (C=O) groups excluding carboxylic acids is 1. The van der Waals surface area contributed by atoms with Gasteiger partial charge in [0.1, 0.15) is 29.0 Å². The molecule has 9 heteroatoms. The lowest BCUT2D eigenvalue weighted by Gasteiger charge is -2.05. The summed E-state index contributed by atoms with van der Waals surface area (Å²) in [6, 6.07) is 18.7. The minimum Gasteiger partial charge on any atom is -0.361 e. The molecule has 5 aromatic heterocycles. The van der Waals surface area contributed by atoms with Crippen molar-refractivity contribution in [2.75, 3.05) is 0 Å². The van der Waals surface area contributed by atoms with Crippen LogP contribution in [0.2, 0.25) is 0 Å². The minimum atomic E-state index is -0.317. The SMILES string of the molecule is [C-]#[N+]c1ccc(C(=O)Cc2cn3nc(-c4c(-c5ccc(F)cc5)nc5ccccn45)ccc3n2)cn1. The first kappa shape index (κ1) is 21.3. The van der Waals surface area contributed by atoms with Crippen molar-refractivity contribution >= 4 is 22.9 Å². The predicted molar refractivity (Wildman–Crippen MR) is 131 cm³/mol. The molecule has 0 radical (unpaired) electrons. The largest absolute Gasteiger partial charge is 0.361 e. The molecule has 6 rings (SSSR count). The number of nitrogens with zero attached hydrogens (tertiary/aromatic N) is 7. The molecule has 8 nitrogen and oxygen atoms in total. The van der Waals surface area contributed by atoms with Gasteiger partial charge in [-0.1, -0.05) is 18.7 Å². The van der Waals surface area contributed by atoms with Crippen LogP contribution < -0.4 is 0 Å². The van der Waals surface area contributed by atoms with Gasteiger partial charge in [-0.15, -0.1) is 4.98 Å². The monoisotopic (exact) mass is 473 g/mol. The Morgan fingerprint density at radius 3 is 2.61 bits per heavy atom. The van der Waals surface area contributed by atoms with Gasteiger partial charge in [0.2, 0.25) is 0 Å². The standard InChI is InChI=1S/C27H16FN7O/c1-29-23-11-7-18(15-30-23)22(36)14-20-16-35-25(31-20)12-10-21(33-35)27-26(17-5-8-19(28)9-6-17)32-24-4-2-3-13-34(24)27/h2-13,15-16H,14H2. The lowest BCUT2D eigenvalue weighted by atomic mass is 10.1. The van der Waals surface area contributed by atoms with Crippen LogP contribution >= 0.6 is 0 Å². The average molecular weight is 473 g/mol. The van der Waals surface area contributed by atoms with Crippen molar-refractivity contribution in [3.63, 3.8) is 0 Å². The first-order valence-electron chi connectivity index (χ1n) is 11.0. The van der Waals surface area contributed by atoms with Gasteiger partial charge < -0.3 is 4.85 Å². The van der Waals surface area contributed by atoms with E-state index in [9.17, 15) is 9.18 Å². The molecule has 0 fully saturated rings. The van der Waals surface area contributed by atoms with E-state index in [1.807, 2.05) is 40.9 Å². The quantitative estimate of drug-likeness (QED) is 0.253. The van der Waals surface area contributed by atoms with Crippen molar-refractivity contribution in [1.29, 1.82) is 0 Å². The average Bonchev–Trinajstić information content (AvgIpc) is 3.49. The molecule has 0 aliphatic heterocycles. The zero-order chi connectivity index (χ0) is 24.6. The second-order valence-corrected chi connectivity index (χ2v) is 8.12. The van der Waals surface area contributed by atoms with Gasteiger partial charge >= 0.3 is 0 Å². The third-order valence-electron chi connectivity index (χ3n) is 5.79. The molecule has 1 aromatic carbocycles. The summed E-state index contributed by atoms with van der Waals surface area (Å²) in [5.74, 6) is -0.228. The van der Waals surface area contributed by atoms with Crippen molar-refractivity contribution < 1.29 is 9.18 Å². The second kappa shape index (κ2) is 8.52. The number of hydrogen-bond donors (Lipinski definition) is 0. The van der Waals surface area contributed by atoms with E-state index in [0.717, 1.165) is 16.9 Å². The van der Waals surface area contributed by atoms with Crippen molar-refractivity contribution in [3.05, 3.63) is 114 Å². The van der Waals surface area contributed by atoms with Gasteiger partial charge in [-0.25, -0.2) is 18.9 Å². The lowest BCUT2D eigenvalue weighted by Crippen LogP contribution is -2.04. The van der Waals surface area contributed by atoms with Crippen LogP contribution in [0.1, 0.15) is 16.1 Å². The van der Waals surface area contributed by atoms with Crippen LogP contribution in [-0.4, -0.2) is 34.7 Å². The van der Waals surface area contributed by atoms with E-state index in [1.54, 1.807) is 28.9 Å². The number of hydrogen-bond acceptors (Lipinski definition) is 5. The minimum absolute atomic E-state index is 0.0776. The fourth-order valence-corrected chi connectivity index (χ4v) is 4.08. The molecule has 6 aromatic rings. The smallest absolute Gasteiger partial charge is 0.269 e. The Hall–Kier alpha value is -5.23. The van der Waals surface area contributed by atoms with E-state index >= 15 is 0 Å². The summed E-state index contributed by atoms with van der Waals surface area (Å²) in [5, 5.41) is 4.76. The molecule has 0 saturated heterocycles. The number of benzene rings is 1. The fourth-order valence-electron chi connectivity index (χ4n) is 4.08. The highest BCUT2D eigenvalue weighted by atomic mass is 19.1. The highest BCUT2D eigenvalue weighted by Gasteiger charge is 2.18. The normalized spacial score (nSPS) is 11.1. The van der Waals surface area contributed by atoms with E-state index in [2.05, 4.69) is 14.8 Å². The van der Waals surface area contributed by atoms with Crippen molar-refractivity contribution in [3.8, 4) is 22.6 Å². The van der Waals surface area contributed by atoms with Crippen LogP contribution in [-0.2, 0) is 6.42 Å². The van der Waals surface area contributed by atoms with Gasteiger partial charge in [-0.05, 0) is 54.6 Å². The van der Waals surface area contributed by atoms with Gasteiger partial charge in [-0.3, -0.25) is 9.20 Å². The third kappa shape index (κ3) is 3.76. The number of fused-ring (bicyclic) bond motifs is 2. The molecule has 0 amide bonds. The first-order valence-corrected chi connectivity index (χ1v) is 11.0. The Kier molecular flexibility index (Phi) is 5.05. The molecule has 0 aliphatic carbocycles. The highest BCUT2D eigenvalue weighted by molar-refractivity contribution is 5.97. The van der Waals surface area contributed by atoms with Crippen molar-refractivity contribution in [2.24, 2.45) is 0 Å². The summed E-state index contributed by atoms with van der Waals surface area (Å²) < 4.78 is 17.1. The molecular formula is C27H16FN7O. The molecule has 0 spiro atoms. The molecule has 0 atom stereocenters. The molecule has 0 bridgehead atoms. The summed E-state index contributed by atoms with van der Waals surface area (Å²) in [7, 11) is 0. The molecule has 0 saturated carbocycles. The number of carbonyl (C=O) groups is 1. The second-order valence-electron chi connectivity index (χ2n) is 8.12. The van der Waals surface area contributed by atoms with Crippen molar-refractivity contribution in [1.82, 2.24) is 29.0 Å². The van der Waals surface area contributed by atoms with E-state index in [-0.39, 0.29) is 23.8 Å². The molecule has 0 aliphatic rings. The van der Waals surface area contributed by atoms with Gasteiger partial charge in [0, 0.05) is 11.8 Å². The summed E-state index contributed by atoms with van der Waals surface area (Å²) in [6.07, 6.45) is 5.11. The van der Waals surface area contributed by atoms with Crippen LogP contribution in [0, 0.1) is 12.4 Å². The summed E-state index contributed by atoms with van der Waals surface area (Å²) in [4.78, 5) is 29.2. The van der Waals surface area contributed by atoms with Gasteiger partial charge in [-0.2, -0.15) is 5.10 Å². The van der Waals surface area contributed by atoms with Crippen LogP contribution in [0.4, 0.5) is 10.2 Å². The fraction of sp³-hybridized carbons (Fsp3) is 0.0370. The van der Waals surface area contributed by atoms with E-state index in [0.29, 0.717) is 28.3 Å². The van der Waals surface area contributed by atoms with E-state index < -0.39 is 0 Å².